The van der Waals surface area contributed by atoms with Crippen LogP contribution in [0.5, 0.6) is 0 Å². The Morgan fingerprint density at radius 1 is 0.676 bits per heavy atom. The highest BCUT2D eigenvalue weighted by Gasteiger charge is 2.24. The third-order valence-corrected chi connectivity index (χ3v) is 8.53. The molecule has 0 radical (unpaired) electrons. The molecule has 37 heavy (non-hydrogen) atoms. The zero-order valence-corrected chi connectivity index (χ0v) is 20.3. The minimum Gasteiger partial charge on any atom is -0.452 e. The van der Waals surface area contributed by atoms with Crippen molar-refractivity contribution in [1.82, 2.24) is 15.0 Å². The molecule has 0 aliphatic carbocycles. The molecule has 5 heteroatoms. The molecule has 172 valence electrons. The molecule has 0 amide bonds. The van der Waals surface area contributed by atoms with Gasteiger partial charge in [-0.2, -0.15) is 0 Å². The summed E-state index contributed by atoms with van der Waals surface area (Å²) in [6.45, 7) is 0. The van der Waals surface area contributed by atoms with Gasteiger partial charge in [-0.05, 0) is 41.8 Å². The summed E-state index contributed by atoms with van der Waals surface area (Å²) < 4.78 is 6.30. The molecule has 9 rings (SSSR count). The van der Waals surface area contributed by atoms with E-state index in [0.29, 0.717) is 11.4 Å². The average molecular weight is 492 g/mol. The van der Waals surface area contributed by atoms with E-state index in [-0.39, 0.29) is 0 Å². The molecule has 0 saturated carbocycles. The Labute approximate surface area is 215 Å². The molecule has 8 aromatic rings. The summed E-state index contributed by atoms with van der Waals surface area (Å²) in [6.07, 6.45) is 0. The van der Waals surface area contributed by atoms with Crippen LogP contribution in [0.3, 0.4) is 0 Å². The molecule has 0 atom stereocenters. The topological polar surface area (TPSA) is 54.7 Å². The summed E-state index contributed by atoms with van der Waals surface area (Å²) in [5, 5.41) is 6.13. The van der Waals surface area contributed by atoms with Gasteiger partial charge in [-0.3, -0.25) is 0 Å². The van der Waals surface area contributed by atoms with Crippen LogP contribution in [0.15, 0.2) is 111 Å². The maximum absolute atomic E-state index is 6.30. The lowest BCUT2D eigenvalue weighted by atomic mass is 10.0. The number of fused-ring (bicyclic) bond motifs is 3. The van der Waals surface area contributed by atoms with Crippen molar-refractivity contribution in [3.63, 3.8) is 0 Å². The van der Waals surface area contributed by atoms with E-state index < -0.39 is 0 Å². The van der Waals surface area contributed by atoms with Gasteiger partial charge in [-0.15, -0.1) is 0 Å². The predicted molar refractivity (Wildman–Crippen MR) is 151 cm³/mol. The standard InChI is InChI=1S/C32H17N3OS/c1-2-7-18(8-3-1)28-31-30(19-10-4-5-11-22(19)36-31)35-32(34-28)20-14-16-24-27-26-21(33-29(20)27)15-13-17-9-6-12-23(37-24)25(17)26/h1-16,33H. The first-order chi connectivity index (χ1) is 18.3. The van der Waals surface area contributed by atoms with Gasteiger partial charge in [-0.25, -0.2) is 9.97 Å². The lowest BCUT2D eigenvalue weighted by Gasteiger charge is -2.15. The Balaban J connectivity index is 1.42. The van der Waals surface area contributed by atoms with Crippen LogP contribution in [0.4, 0.5) is 0 Å². The van der Waals surface area contributed by atoms with Crippen molar-refractivity contribution in [3.8, 4) is 22.6 Å². The number of H-pyrrole nitrogens is 1. The van der Waals surface area contributed by atoms with Crippen molar-refractivity contribution in [2.45, 2.75) is 9.79 Å². The number of rotatable bonds is 2. The number of aromatic nitrogens is 3. The largest absolute Gasteiger partial charge is 0.452 e. The van der Waals surface area contributed by atoms with Crippen LogP contribution in [-0.4, -0.2) is 15.0 Å². The summed E-state index contributed by atoms with van der Waals surface area (Å²) in [5.41, 5.74) is 7.39. The van der Waals surface area contributed by atoms with Gasteiger partial charge in [0.1, 0.15) is 16.8 Å². The van der Waals surface area contributed by atoms with Crippen LogP contribution >= 0.6 is 11.8 Å². The maximum atomic E-state index is 6.30. The van der Waals surface area contributed by atoms with Crippen molar-refractivity contribution in [1.29, 1.82) is 0 Å². The van der Waals surface area contributed by atoms with Crippen LogP contribution in [-0.2, 0) is 0 Å². The first-order valence-corrected chi connectivity index (χ1v) is 13.1. The monoisotopic (exact) mass is 491 g/mol. The first kappa shape index (κ1) is 19.6. The van der Waals surface area contributed by atoms with Crippen molar-refractivity contribution in [3.05, 3.63) is 97.1 Å². The Bertz CT molecular complexity index is 2230. The van der Waals surface area contributed by atoms with E-state index >= 15 is 0 Å². The van der Waals surface area contributed by atoms with Gasteiger partial charge in [0.25, 0.3) is 0 Å². The third-order valence-electron chi connectivity index (χ3n) is 7.41. The highest BCUT2D eigenvalue weighted by Crippen LogP contribution is 2.50. The Morgan fingerprint density at radius 2 is 1.54 bits per heavy atom. The van der Waals surface area contributed by atoms with E-state index in [1.807, 2.05) is 48.2 Å². The molecule has 1 N–H and O–H groups in total. The molecule has 4 nitrogen and oxygen atoms in total. The number of hydrogen-bond donors (Lipinski definition) is 1. The number of nitrogens with zero attached hydrogens (tertiary/aromatic N) is 2. The Hall–Kier alpha value is -4.61. The van der Waals surface area contributed by atoms with E-state index in [0.717, 1.165) is 44.3 Å². The van der Waals surface area contributed by atoms with Crippen LogP contribution in [0.1, 0.15) is 0 Å². The number of nitrogens with one attached hydrogen (secondary N) is 1. The average Bonchev–Trinajstić information content (AvgIpc) is 3.53. The van der Waals surface area contributed by atoms with Crippen molar-refractivity contribution in [2.24, 2.45) is 0 Å². The van der Waals surface area contributed by atoms with Gasteiger partial charge in [0.2, 0.25) is 0 Å². The Morgan fingerprint density at radius 3 is 2.49 bits per heavy atom. The van der Waals surface area contributed by atoms with E-state index in [9.17, 15) is 0 Å². The molecular weight excluding hydrogens is 474 g/mol. The fraction of sp³-hybridized carbons (Fsp3) is 0. The Kier molecular flexibility index (Phi) is 3.70. The minimum absolute atomic E-state index is 0.691. The maximum Gasteiger partial charge on any atom is 0.180 e. The van der Waals surface area contributed by atoms with Gasteiger partial charge < -0.3 is 9.40 Å². The fourth-order valence-corrected chi connectivity index (χ4v) is 6.93. The molecule has 0 saturated heterocycles. The first-order valence-electron chi connectivity index (χ1n) is 12.3. The van der Waals surface area contributed by atoms with Crippen LogP contribution in [0.2, 0.25) is 0 Å². The smallest absolute Gasteiger partial charge is 0.180 e. The number of aromatic amines is 1. The highest BCUT2D eigenvalue weighted by molar-refractivity contribution is 8.00. The second-order valence-electron chi connectivity index (χ2n) is 9.47. The third kappa shape index (κ3) is 2.59. The minimum atomic E-state index is 0.691. The van der Waals surface area contributed by atoms with Crippen molar-refractivity contribution >= 4 is 66.4 Å². The number of benzene rings is 5. The molecule has 0 spiro atoms. The fourth-order valence-electron chi connectivity index (χ4n) is 5.78. The van der Waals surface area contributed by atoms with Gasteiger partial charge in [-0.1, -0.05) is 72.4 Å². The number of furan rings is 1. The summed E-state index contributed by atoms with van der Waals surface area (Å²) in [7, 11) is 0. The molecule has 1 aliphatic rings. The zero-order valence-electron chi connectivity index (χ0n) is 19.4. The van der Waals surface area contributed by atoms with Crippen LogP contribution < -0.4 is 0 Å². The lowest BCUT2D eigenvalue weighted by molar-refractivity contribution is 0.667. The molecule has 0 unspecified atom stereocenters. The van der Waals surface area contributed by atoms with Gasteiger partial charge in [0, 0.05) is 48.0 Å². The molecule has 4 heterocycles. The highest BCUT2D eigenvalue weighted by atomic mass is 32.2. The van der Waals surface area contributed by atoms with E-state index in [4.69, 9.17) is 14.4 Å². The molecule has 3 aromatic heterocycles. The van der Waals surface area contributed by atoms with Crippen LogP contribution in [0, 0.1) is 0 Å². The summed E-state index contributed by atoms with van der Waals surface area (Å²) >= 11 is 1.84. The van der Waals surface area contributed by atoms with E-state index in [1.54, 1.807) is 0 Å². The molecule has 5 aromatic carbocycles. The second-order valence-corrected chi connectivity index (χ2v) is 10.6. The SMILES string of the molecule is c1ccc(-c2nc(-c3ccc4c5c3[nH]c3ccc6cccc(c6c35)S4)nc3c2oc2ccccc23)cc1. The molecular formula is C32H17N3OS. The lowest BCUT2D eigenvalue weighted by Crippen LogP contribution is -1.95. The summed E-state index contributed by atoms with van der Waals surface area (Å²) in [6, 6.07) is 33.6. The zero-order chi connectivity index (χ0) is 24.1. The predicted octanol–water partition coefficient (Wildman–Crippen LogP) is 8.96. The van der Waals surface area contributed by atoms with Gasteiger partial charge in [0.05, 0.1) is 5.52 Å². The van der Waals surface area contributed by atoms with E-state index in [1.165, 1.54) is 31.3 Å². The van der Waals surface area contributed by atoms with Crippen molar-refractivity contribution < 1.29 is 4.42 Å². The van der Waals surface area contributed by atoms with Crippen LogP contribution in [0.25, 0.3) is 77.3 Å². The van der Waals surface area contributed by atoms with Gasteiger partial charge >= 0.3 is 0 Å². The normalized spacial score (nSPS) is 12.8. The van der Waals surface area contributed by atoms with E-state index in [2.05, 4.69) is 65.6 Å². The number of hydrogen-bond acceptors (Lipinski definition) is 4. The summed E-state index contributed by atoms with van der Waals surface area (Å²) in [5.74, 6) is 0.691. The quantitative estimate of drug-likeness (QED) is 0.262. The number of para-hydroxylation sites is 1. The summed E-state index contributed by atoms with van der Waals surface area (Å²) in [4.78, 5) is 16.5. The molecule has 0 bridgehead atoms. The molecule has 0 fully saturated rings. The second kappa shape index (κ2) is 6.99. The molecule has 1 aliphatic heterocycles. The van der Waals surface area contributed by atoms with Crippen molar-refractivity contribution in [2.75, 3.05) is 0 Å². The van der Waals surface area contributed by atoms with Gasteiger partial charge in [0.15, 0.2) is 11.4 Å².